The molecule has 3 N–H and O–H groups in total. The molecule has 1 saturated heterocycles. The minimum absolute atomic E-state index is 0.115. The van der Waals surface area contributed by atoms with E-state index in [1.54, 1.807) is 66.7 Å². The fourth-order valence-electron chi connectivity index (χ4n) is 7.73. The molecule has 4 aromatic rings. The van der Waals surface area contributed by atoms with Crippen LogP contribution >= 0.6 is 0 Å². The number of aryl methyl sites for hydroxylation is 1. The van der Waals surface area contributed by atoms with Crippen molar-refractivity contribution >= 4 is 23.3 Å². The van der Waals surface area contributed by atoms with E-state index in [1.807, 2.05) is 49.4 Å². The lowest BCUT2D eigenvalue weighted by atomic mass is 9.60. The number of carbonyl (C=O) groups is 3. The van der Waals surface area contributed by atoms with Crippen LogP contribution in [-0.4, -0.2) is 41.0 Å². The molecule has 0 radical (unpaired) electrons. The number of Topliss-reactive ketones (excluding diaryl/α,β-unsaturated/α-hetero) is 1. The van der Waals surface area contributed by atoms with Crippen molar-refractivity contribution in [3.8, 4) is 5.75 Å². The maximum absolute atomic E-state index is 15.5. The van der Waals surface area contributed by atoms with E-state index in [2.05, 4.69) is 10.6 Å². The first-order chi connectivity index (χ1) is 22.9. The summed E-state index contributed by atoms with van der Waals surface area (Å²) >= 11 is 0. The molecule has 1 saturated carbocycles. The summed E-state index contributed by atoms with van der Waals surface area (Å²) < 4.78 is 6.69. The predicted molar refractivity (Wildman–Crippen MR) is 179 cm³/mol. The third-order valence-electron chi connectivity index (χ3n) is 9.99. The number of nitrogens with one attached hydrogen (secondary N) is 2. The average molecular weight is 630 g/mol. The summed E-state index contributed by atoms with van der Waals surface area (Å²) in [5.41, 5.74) is -2.10. The molecule has 0 unspecified atom stereocenters. The Bertz CT molecular complexity index is 1780. The number of anilines is 1. The highest BCUT2D eigenvalue weighted by Crippen LogP contribution is 2.59. The van der Waals surface area contributed by atoms with E-state index >= 15 is 9.59 Å². The largest absolute Gasteiger partial charge is 0.473 e. The highest BCUT2D eigenvalue weighted by atomic mass is 16.5. The number of nitrogens with zero attached hydrogens (tertiary/aromatic N) is 1. The molecule has 0 bridgehead atoms. The summed E-state index contributed by atoms with van der Waals surface area (Å²) in [5, 5.41) is 19.9. The van der Waals surface area contributed by atoms with Gasteiger partial charge in [-0.15, -0.1) is 0 Å². The summed E-state index contributed by atoms with van der Waals surface area (Å²) in [4.78, 5) is 46.9. The van der Waals surface area contributed by atoms with Gasteiger partial charge in [-0.3, -0.25) is 24.6 Å². The van der Waals surface area contributed by atoms with Crippen LogP contribution in [-0.2, 0) is 21.7 Å². The number of ether oxygens (including phenoxy) is 1. The maximum Gasteiger partial charge on any atom is 0.265 e. The second-order valence-electron chi connectivity index (χ2n) is 12.9. The van der Waals surface area contributed by atoms with Gasteiger partial charge in [-0.1, -0.05) is 110 Å². The SMILES string of the molecule is Cc1ccc2c(c1)C(=O)[C@]1([C@@H](NCc3ccccc3)O2)[C@@H](C(=O)NC2CCCCC2)N(c2ccccc2)C(=O)[C@]1(O)c1ccccc1. The van der Waals surface area contributed by atoms with Crippen LogP contribution in [0, 0.1) is 12.3 Å². The van der Waals surface area contributed by atoms with Crippen LogP contribution < -0.4 is 20.3 Å². The molecule has 0 aromatic heterocycles. The fourth-order valence-corrected chi connectivity index (χ4v) is 7.73. The van der Waals surface area contributed by atoms with Gasteiger partial charge in [-0.05, 0) is 55.2 Å². The maximum atomic E-state index is 15.5. The number of rotatable bonds is 7. The topological polar surface area (TPSA) is 108 Å². The van der Waals surface area contributed by atoms with E-state index in [0.717, 1.165) is 43.2 Å². The van der Waals surface area contributed by atoms with Gasteiger partial charge in [-0.2, -0.15) is 0 Å². The Morgan fingerprint density at radius 1 is 0.872 bits per heavy atom. The monoisotopic (exact) mass is 629 g/mol. The molecule has 1 spiro atoms. The Balaban J connectivity index is 1.50. The molecule has 47 heavy (non-hydrogen) atoms. The van der Waals surface area contributed by atoms with Crippen LogP contribution in [0.3, 0.4) is 0 Å². The van der Waals surface area contributed by atoms with Gasteiger partial charge in [0.2, 0.25) is 5.91 Å². The average Bonchev–Trinajstić information content (AvgIpc) is 3.32. The molecule has 4 atom stereocenters. The zero-order chi connectivity index (χ0) is 32.6. The minimum Gasteiger partial charge on any atom is -0.473 e. The van der Waals surface area contributed by atoms with Crippen molar-refractivity contribution in [3.63, 3.8) is 0 Å². The molecule has 7 rings (SSSR count). The molecule has 8 nitrogen and oxygen atoms in total. The fraction of sp³-hybridized carbons (Fsp3) is 0.308. The summed E-state index contributed by atoms with van der Waals surface area (Å²) in [6, 6.07) is 30.6. The first-order valence-electron chi connectivity index (χ1n) is 16.4. The lowest BCUT2D eigenvalue weighted by molar-refractivity contribution is -0.156. The van der Waals surface area contributed by atoms with E-state index < -0.39 is 40.9 Å². The van der Waals surface area contributed by atoms with Gasteiger partial charge >= 0.3 is 0 Å². The van der Waals surface area contributed by atoms with Crippen molar-refractivity contribution in [2.24, 2.45) is 5.41 Å². The molecular weight excluding hydrogens is 590 g/mol. The van der Waals surface area contributed by atoms with Crippen molar-refractivity contribution in [2.45, 2.75) is 69.5 Å². The molecule has 2 aliphatic heterocycles. The number of hydrogen-bond acceptors (Lipinski definition) is 6. The lowest BCUT2D eigenvalue weighted by Crippen LogP contribution is -2.71. The standard InChI is InChI=1S/C39H39N3O5/c1-26-22-23-32-31(24-26)34(43)38(36(47-32)40-25-27-14-6-2-7-15-27)33(35(44)41-29-18-10-4-11-19-29)42(30-20-12-5-13-21-30)37(45)39(38,46)28-16-8-3-9-17-28/h2-3,5-9,12-17,20-24,29,33,36,40,46H,4,10-11,18-19,25H2,1H3,(H,41,44)/t33-,36+,38+,39-/m1/s1. The minimum atomic E-state index is -2.49. The number of carbonyl (C=O) groups excluding carboxylic acids is 3. The van der Waals surface area contributed by atoms with E-state index in [1.165, 1.54) is 4.90 Å². The number of aliphatic hydroxyl groups is 1. The van der Waals surface area contributed by atoms with Crippen LogP contribution in [0.25, 0.3) is 0 Å². The Morgan fingerprint density at radius 3 is 2.19 bits per heavy atom. The molecule has 1 aliphatic carbocycles. The summed E-state index contributed by atoms with van der Waals surface area (Å²) in [6.07, 6.45) is 3.37. The van der Waals surface area contributed by atoms with Gasteiger partial charge in [0, 0.05) is 18.3 Å². The van der Waals surface area contributed by atoms with Crippen LogP contribution in [0.5, 0.6) is 5.75 Å². The number of fused-ring (bicyclic) bond motifs is 1. The number of benzene rings is 4. The third kappa shape index (κ3) is 5.03. The molecular formula is C39H39N3O5. The van der Waals surface area contributed by atoms with Crippen molar-refractivity contribution in [3.05, 3.63) is 131 Å². The predicted octanol–water partition coefficient (Wildman–Crippen LogP) is 5.42. The number of ketones is 1. The van der Waals surface area contributed by atoms with E-state index in [-0.39, 0.29) is 23.7 Å². The van der Waals surface area contributed by atoms with Gasteiger partial charge in [-0.25, -0.2) is 0 Å². The van der Waals surface area contributed by atoms with Crippen LogP contribution in [0.1, 0.15) is 59.2 Å². The normalized spacial score (nSPS) is 25.8. The van der Waals surface area contributed by atoms with Crippen molar-refractivity contribution in [1.29, 1.82) is 0 Å². The van der Waals surface area contributed by atoms with Gasteiger partial charge in [0.1, 0.15) is 11.8 Å². The smallest absolute Gasteiger partial charge is 0.265 e. The zero-order valence-electron chi connectivity index (χ0n) is 26.4. The Hall–Kier alpha value is -4.79. The Labute approximate surface area is 274 Å². The number of hydrogen-bond donors (Lipinski definition) is 3. The number of amides is 2. The third-order valence-corrected chi connectivity index (χ3v) is 9.99. The zero-order valence-corrected chi connectivity index (χ0v) is 26.4. The second-order valence-corrected chi connectivity index (χ2v) is 12.9. The van der Waals surface area contributed by atoms with Crippen LogP contribution in [0.2, 0.25) is 0 Å². The lowest BCUT2D eigenvalue weighted by Gasteiger charge is -2.49. The molecule has 2 amide bonds. The number of para-hydroxylation sites is 1. The van der Waals surface area contributed by atoms with E-state index in [0.29, 0.717) is 11.4 Å². The Morgan fingerprint density at radius 2 is 1.51 bits per heavy atom. The molecule has 4 aromatic carbocycles. The van der Waals surface area contributed by atoms with Crippen molar-refractivity contribution in [2.75, 3.05) is 4.90 Å². The van der Waals surface area contributed by atoms with Gasteiger partial charge in [0.15, 0.2) is 23.0 Å². The summed E-state index contributed by atoms with van der Waals surface area (Å²) in [6.45, 7) is 2.12. The van der Waals surface area contributed by atoms with Crippen LogP contribution in [0.4, 0.5) is 5.69 Å². The molecule has 2 fully saturated rings. The van der Waals surface area contributed by atoms with Gasteiger partial charge in [0.25, 0.3) is 5.91 Å². The van der Waals surface area contributed by atoms with Gasteiger partial charge in [0.05, 0.1) is 5.56 Å². The Kier molecular flexibility index (Phi) is 8.16. The van der Waals surface area contributed by atoms with E-state index in [4.69, 9.17) is 4.74 Å². The highest BCUT2D eigenvalue weighted by Gasteiger charge is 2.79. The summed E-state index contributed by atoms with van der Waals surface area (Å²) in [5.74, 6) is -1.47. The van der Waals surface area contributed by atoms with Gasteiger partial charge < -0.3 is 15.2 Å². The quantitative estimate of drug-likeness (QED) is 0.252. The molecule has 2 heterocycles. The molecule has 8 heteroatoms. The van der Waals surface area contributed by atoms with Crippen LogP contribution in [0.15, 0.2) is 109 Å². The van der Waals surface area contributed by atoms with E-state index in [9.17, 15) is 9.90 Å². The highest BCUT2D eigenvalue weighted by molar-refractivity contribution is 6.20. The molecule has 3 aliphatic rings. The van der Waals surface area contributed by atoms with Crippen molar-refractivity contribution < 1.29 is 24.2 Å². The molecule has 240 valence electrons. The van der Waals surface area contributed by atoms with Crippen molar-refractivity contribution in [1.82, 2.24) is 10.6 Å². The first kappa shape index (κ1) is 30.8. The summed E-state index contributed by atoms with van der Waals surface area (Å²) in [7, 11) is 0. The first-order valence-corrected chi connectivity index (χ1v) is 16.4. The second kappa shape index (κ2) is 12.4.